The summed E-state index contributed by atoms with van der Waals surface area (Å²) in [5.41, 5.74) is 3.44. The number of methoxy groups -OCH3 is 1. The van der Waals surface area contributed by atoms with E-state index >= 15 is 0 Å². The number of rotatable bonds is 5. The Kier molecular flexibility index (Phi) is 5.14. The van der Waals surface area contributed by atoms with E-state index < -0.39 is 0 Å². The molecule has 5 rings (SSSR count). The molecule has 1 aromatic heterocycles. The lowest BCUT2D eigenvalue weighted by Crippen LogP contribution is -2.35. The number of ether oxygens (including phenoxy) is 3. The molecule has 10 nitrogen and oxygen atoms in total. The number of nitrogens with one attached hydrogen (secondary N) is 1. The van der Waals surface area contributed by atoms with Crippen LogP contribution in [0.5, 0.6) is 17.2 Å². The van der Waals surface area contributed by atoms with Gasteiger partial charge in [0, 0.05) is 24.2 Å². The van der Waals surface area contributed by atoms with Gasteiger partial charge in [-0.3, -0.25) is 9.69 Å². The molecule has 2 aromatic carbocycles. The number of hydrogen-bond acceptors (Lipinski definition) is 8. The van der Waals surface area contributed by atoms with Gasteiger partial charge in [-0.05, 0) is 66.7 Å². The topological polar surface area (TPSA) is 104 Å². The highest BCUT2D eigenvalue weighted by Gasteiger charge is 2.37. The van der Waals surface area contributed by atoms with Crippen LogP contribution in [0, 0.1) is 0 Å². The summed E-state index contributed by atoms with van der Waals surface area (Å²) in [7, 11) is 3.67. The first kappa shape index (κ1) is 20.3. The molecule has 0 saturated carbocycles. The molecule has 0 saturated heterocycles. The Morgan fingerprint density at radius 2 is 2.09 bits per heavy atom. The predicted octanol–water partition coefficient (Wildman–Crippen LogP) is 1.73. The monoisotopic (exact) mass is 436 g/mol. The van der Waals surface area contributed by atoms with Crippen molar-refractivity contribution in [3.8, 4) is 22.9 Å². The summed E-state index contributed by atoms with van der Waals surface area (Å²) in [5.74, 6) is 2.49. The largest absolute Gasteiger partial charge is 0.492 e. The summed E-state index contributed by atoms with van der Waals surface area (Å²) in [4.78, 5) is 14.3. The van der Waals surface area contributed by atoms with Crippen LogP contribution in [0.15, 0.2) is 30.3 Å². The minimum atomic E-state index is -0.249. The van der Waals surface area contributed by atoms with Gasteiger partial charge in [0.1, 0.15) is 6.04 Å². The SMILES string of the molecule is CCNC(=O)c1ccc(-n2nnnc2[C@@H]2c3c(cc4c(c3OC)OCO4)CCN2C)cc1. The van der Waals surface area contributed by atoms with Gasteiger partial charge in [-0.2, -0.15) is 4.68 Å². The van der Waals surface area contributed by atoms with Crippen LogP contribution < -0.4 is 19.5 Å². The molecule has 1 atom stereocenters. The number of carbonyl (C=O) groups excluding carboxylic acids is 1. The number of benzene rings is 2. The smallest absolute Gasteiger partial charge is 0.251 e. The summed E-state index contributed by atoms with van der Waals surface area (Å²) >= 11 is 0. The maximum atomic E-state index is 12.1. The zero-order chi connectivity index (χ0) is 22.2. The molecule has 32 heavy (non-hydrogen) atoms. The summed E-state index contributed by atoms with van der Waals surface area (Å²) in [5, 5.41) is 15.4. The lowest BCUT2D eigenvalue weighted by Gasteiger charge is -2.34. The van der Waals surface area contributed by atoms with Gasteiger partial charge < -0.3 is 19.5 Å². The van der Waals surface area contributed by atoms with E-state index in [9.17, 15) is 4.79 Å². The van der Waals surface area contributed by atoms with Crippen LogP contribution in [0.25, 0.3) is 5.69 Å². The van der Waals surface area contributed by atoms with Crippen LogP contribution in [0.3, 0.4) is 0 Å². The number of fused-ring (bicyclic) bond motifs is 2. The first-order valence-corrected chi connectivity index (χ1v) is 10.5. The van der Waals surface area contributed by atoms with E-state index in [1.165, 1.54) is 0 Å². The van der Waals surface area contributed by atoms with E-state index in [0.717, 1.165) is 29.8 Å². The van der Waals surface area contributed by atoms with Gasteiger partial charge in [-0.15, -0.1) is 5.10 Å². The Labute approximate surface area is 185 Å². The number of hydrogen-bond donors (Lipinski definition) is 1. The molecule has 0 spiro atoms. The summed E-state index contributed by atoms with van der Waals surface area (Å²) < 4.78 is 18.8. The molecule has 3 aromatic rings. The number of nitrogens with zero attached hydrogens (tertiary/aromatic N) is 5. The summed E-state index contributed by atoms with van der Waals surface area (Å²) in [6.45, 7) is 3.46. The van der Waals surface area contributed by atoms with Crippen LogP contribution in [-0.2, 0) is 6.42 Å². The van der Waals surface area contributed by atoms with Crippen LogP contribution >= 0.6 is 0 Å². The average molecular weight is 436 g/mol. The Morgan fingerprint density at radius 3 is 2.84 bits per heavy atom. The molecule has 2 aliphatic heterocycles. The third kappa shape index (κ3) is 3.23. The van der Waals surface area contributed by atoms with E-state index in [1.807, 2.05) is 32.2 Å². The van der Waals surface area contributed by atoms with E-state index in [1.54, 1.807) is 23.9 Å². The highest BCUT2D eigenvalue weighted by atomic mass is 16.7. The van der Waals surface area contributed by atoms with Crippen molar-refractivity contribution in [3.63, 3.8) is 0 Å². The lowest BCUT2D eigenvalue weighted by atomic mass is 9.90. The van der Waals surface area contributed by atoms with Crippen molar-refractivity contribution < 1.29 is 19.0 Å². The van der Waals surface area contributed by atoms with Crippen LogP contribution in [0.4, 0.5) is 0 Å². The van der Waals surface area contributed by atoms with Crippen LogP contribution in [0.2, 0.25) is 0 Å². The first-order chi connectivity index (χ1) is 15.6. The van der Waals surface area contributed by atoms with Gasteiger partial charge in [0.25, 0.3) is 5.91 Å². The van der Waals surface area contributed by atoms with E-state index in [2.05, 4.69) is 25.7 Å². The molecule has 3 heterocycles. The van der Waals surface area contributed by atoms with Crippen molar-refractivity contribution in [1.29, 1.82) is 0 Å². The Morgan fingerprint density at radius 1 is 1.28 bits per heavy atom. The molecular weight excluding hydrogens is 412 g/mol. The van der Waals surface area contributed by atoms with Crippen LogP contribution in [0.1, 0.15) is 40.3 Å². The van der Waals surface area contributed by atoms with Gasteiger partial charge in [0.2, 0.25) is 12.5 Å². The highest BCUT2D eigenvalue weighted by Crippen LogP contribution is 2.50. The van der Waals surface area contributed by atoms with Crippen molar-refractivity contribution in [2.45, 2.75) is 19.4 Å². The molecule has 1 N–H and O–H groups in total. The minimum absolute atomic E-state index is 0.113. The second kappa shape index (κ2) is 8.12. The zero-order valence-corrected chi connectivity index (χ0v) is 18.2. The highest BCUT2D eigenvalue weighted by molar-refractivity contribution is 5.94. The van der Waals surface area contributed by atoms with Crippen LogP contribution in [-0.4, -0.2) is 65.1 Å². The Balaban J connectivity index is 1.58. The number of tetrazole rings is 1. The summed E-state index contributed by atoms with van der Waals surface area (Å²) in [6.07, 6.45) is 0.845. The number of carbonyl (C=O) groups is 1. The average Bonchev–Trinajstić information content (AvgIpc) is 3.47. The molecule has 0 bridgehead atoms. The Hall–Kier alpha value is -3.66. The normalized spacial score (nSPS) is 17.2. The Bertz CT molecular complexity index is 1160. The molecule has 1 amide bonds. The van der Waals surface area contributed by atoms with Crippen molar-refractivity contribution in [2.24, 2.45) is 0 Å². The number of aromatic nitrogens is 4. The number of amides is 1. The molecule has 166 valence electrons. The molecule has 0 fully saturated rings. The maximum Gasteiger partial charge on any atom is 0.251 e. The molecular formula is C22H24N6O4. The second-order valence-electron chi connectivity index (χ2n) is 7.70. The maximum absolute atomic E-state index is 12.1. The van der Waals surface area contributed by atoms with Gasteiger partial charge in [0.15, 0.2) is 17.3 Å². The van der Waals surface area contributed by atoms with Crippen molar-refractivity contribution in [3.05, 3.63) is 52.8 Å². The third-order valence-corrected chi connectivity index (χ3v) is 5.85. The van der Waals surface area contributed by atoms with Crippen molar-refractivity contribution >= 4 is 5.91 Å². The predicted molar refractivity (Wildman–Crippen MR) is 114 cm³/mol. The van der Waals surface area contributed by atoms with E-state index in [0.29, 0.717) is 35.2 Å². The molecule has 10 heteroatoms. The van der Waals surface area contributed by atoms with Crippen molar-refractivity contribution in [1.82, 2.24) is 30.4 Å². The molecule has 0 aliphatic carbocycles. The lowest BCUT2D eigenvalue weighted by molar-refractivity contribution is 0.0956. The van der Waals surface area contributed by atoms with E-state index in [4.69, 9.17) is 14.2 Å². The fraction of sp³-hybridized carbons (Fsp3) is 0.364. The summed E-state index contributed by atoms with van der Waals surface area (Å²) in [6, 6.07) is 8.98. The quantitative estimate of drug-likeness (QED) is 0.645. The molecule has 0 unspecified atom stereocenters. The minimum Gasteiger partial charge on any atom is -0.492 e. The van der Waals surface area contributed by atoms with E-state index in [-0.39, 0.29) is 18.7 Å². The second-order valence-corrected chi connectivity index (χ2v) is 7.70. The molecule has 0 radical (unpaired) electrons. The third-order valence-electron chi connectivity index (χ3n) is 5.85. The fourth-order valence-electron chi connectivity index (χ4n) is 4.32. The van der Waals surface area contributed by atoms with Gasteiger partial charge in [0.05, 0.1) is 12.8 Å². The fourth-order valence-corrected chi connectivity index (χ4v) is 4.32. The first-order valence-electron chi connectivity index (χ1n) is 10.5. The van der Waals surface area contributed by atoms with Gasteiger partial charge >= 0.3 is 0 Å². The van der Waals surface area contributed by atoms with Gasteiger partial charge in [-0.25, -0.2) is 0 Å². The number of likely N-dealkylation sites (N-methyl/N-ethyl adjacent to an activating group) is 1. The van der Waals surface area contributed by atoms with Gasteiger partial charge in [-0.1, -0.05) is 0 Å². The standard InChI is InChI=1S/C22H24N6O4/c1-4-23-22(29)13-5-7-15(8-6-13)28-21(24-25-26-28)18-17-14(9-10-27(18)2)11-16-19(20(17)30-3)32-12-31-16/h5-8,11,18H,4,9-10,12H2,1-3H3,(H,23,29)/t18-/m0/s1. The zero-order valence-electron chi connectivity index (χ0n) is 18.2. The van der Waals surface area contributed by atoms with Crippen molar-refractivity contribution in [2.75, 3.05) is 34.0 Å². The molecule has 2 aliphatic rings.